The van der Waals surface area contributed by atoms with Crippen LogP contribution in [0.15, 0.2) is 24.0 Å². The molecule has 1 unspecified atom stereocenters. The highest BCUT2D eigenvalue weighted by atomic mass is 16.2. The van der Waals surface area contributed by atoms with Crippen molar-refractivity contribution < 1.29 is 9.59 Å². The summed E-state index contributed by atoms with van der Waals surface area (Å²) in [6, 6.07) is -0.431. The van der Waals surface area contributed by atoms with Gasteiger partial charge in [-0.05, 0) is 25.5 Å². The van der Waals surface area contributed by atoms with Gasteiger partial charge in [0, 0.05) is 25.4 Å². The Hall–Kier alpha value is -1.78. The number of carbonyl (C=O) groups excluding carboxylic acids is 2. The van der Waals surface area contributed by atoms with Crippen molar-refractivity contribution in [1.29, 1.82) is 0 Å². The number of likely N-dealkylation sites (tertiary alicyclic amines) is 1. The first-order valence-electron chi connectivity index (χ1n) is 5.79. The number of carbonyl (C=O) groups is 2. The molecule has 2 aliphatic heterocycles. The maximum Gasteiger partial charge on any atom is 0.252 e. The van der Waals surface area contributed by atoms with E-state index in [1.165, 1.54) is 0 Å². The maximum atomic E-state index is 12.3. The molecule has 1 saturated heterocycles. The van der Waals surface area contributed by atoms with Gasteiger partial charge in [0.2, 0.25) is 5.91 Å². The molecular formula is C12H17N3O2. The van der Waals surface area contributed by atoms with Gasteiger partial charge in [-0.15, -0.1) is 0 Å². The van der Waals surface area contributed by atoms with Crippen LogP contribution in [0.5, 0.6) is 0 Å². The van der Waals surface area contributed by atoms with Gasteiger partial charge >= 0.3 is 0 Å². The summed E-state index contributed by atoms with van der Waals surface area (Å²) < 4.78 is 0. The summed E-state index contributed by atoms with van der Waals surface area (Å²) in [5.74, 6) is -0.473. The second-order valence-corrected chi connectivity index (χ2v) is 4.47. The van der Waals surface area contributed by atoms with Crippen molar-refractivity contribution >= 4 is 11.8 Å². The van der Waals surface area contributed by atoms with Crippen molar-refractivity contribution in [3.63, 3.8) is 0 Å². The highest BCUT2D eigenvalue weighted by molar-refractivity contribution is 5.97. The van der Waals surface area contributed by atoms with Crippen LogP contribution in [0.4, 0.5) is 0 Å². The lowest BCUT2D eigenvalue weighted by atomic mass is 10.1. The molecule has 2 aliphatic rings. The fraction of sp³-hybridized carbons (Fsp3) is 0.500. The minimum atomic E-state index is -0.431. The molecular weight excluding hydrogens is 218 g/mol. The Balaban J connectivity index is 2.12. The minimum absolute atomic E-state index is 0.0671. The highest BCUT2D eigenvalue weighted by Gasteiger charge is 2.33. The molecule has 0 aromatic rings. The Bertz CT molecular complexity index is 401. The lowest BCUT2D eigenvalue weighted by molar-refractivity contribution is -0.134. The summed E-state index contributed by atoms with van der Waals surface area (Å²) in [5, 5.41) is 0. The second-order valence-electron chi connectivity index (χ2n) is 4.47. The molecule has 0 aromatic heterocycles. The normalized spacial score (nSPS) is 23.8. The van der Waals surface area contributed by atoms with Crippen LogP contribution in [0.2, 0.25) is 0 Å². The van der Waals surface area contributed by atoms with E-state index in [0.29, 0.717) is 25.0 Å². The first-order chi connectivity index (χ1) is 8.09. The van der Waals surface area contributed by atoms with Crippen LogP contribution >= 0.6 is 0 Å². The highest BCUT2D eigenvalue weighted by Crippen LogP contribution is 2.22. The molecule has 5 nitrogen and oxygen atoms in total. The first-order valence-corrected chi connectivity index (χ1v) is 5.79. The lowest BCUT2D eigenvalue weighted by Crippen LogP contribution is -2.44. The molecule has 0 spiro atoms. The molecule has 2 heterocycles. The number of amides is 2. The van der Waals surface area contributed by atoms with Gasteiger partial charge in [0.05, 0.1) is 0 Å². The zero-order chi connectivity index (χ0) is 12.4. The van der Waals surface area contributed by atoms with Crippen LogP contribution in [-0.2, 0) is 9.59 Å². The van der Waals surface area contributed by atoms with E-state index >= 15 is 0 Å². The number of hydrogen-bond acceptors (Lipinski definition) is 3. The molecule has 2 rings (SSSR count). The number of allylic oxidation sites excluding steroid dienone is 1. The summed E-state index contributed by atoms with van der Waals surface area (Å²) in [4.78, 5) is 26.9. The van der Waals surface area contributed by atoms with Gasteiger partial charge in [0.15, 0.2) is 0 Å². The minimum Gasteiger partial charge on any atom is -0.368 e. The van der Waals surface area contributed by atoms with Crippen molar-refractivity contribution in [2.75, 3.05) is 13.6 Å². The summed E-state index contributed by atoms with van der Waals surface area (Å²) >= 11 is 0. The van der Waals surface area contributed by atoms with Gasteiger partial charge in [-0.3, -0.25) is 9.59 Å². The molecule has 2 amide bonds. The molecule has 0 bridgehead atoms. The third-order valence-electron chi connectivity index (χ3n) is 3.15. The number of hydrogen-bond donors (Lipinski definition) is 1. The van der Waals surface area contributed by atoms with Crippen molar-refractivity contribution in [2.24, 2.45) is 5.73 Å². The predicted molar refractivity (Wildman–Crippen MR) is 63.5 cm³/mol. The van der Waals surface area contributed by atoms with E-state index in [4.69, 9.17) is 5.73 Å². The van der Waals surface area contributed by atoms with E-state index in [-0.39, 0.29) is 5.91 Å². The summed E-state index contributed by atoms with van der Waals surface area (Å²) in [7, 11) is 1.87. The fourth-order valence-electron chi connectivity index (χ4n) is 2.32. The van der Waals surface area contributed by atoms with Crippen LogP contribution in [0, 0.1) is 0 Å². The Morgan fingerprint density at radius 2 is 2.24 bits per heavy atom. The summed E-state index contributed by atoms with van der Waals surface area (Å²) in [6.45, 7) is 0.622. The van der Waals surface area contributed by atoms with E-state index in [1.807, 2.05) is 24.2 Å². The predicted octanol–water partition coefficient (Wildman–Crippen LogP) is 0.196. The number of rotatable bonds is 2. The lowest BCUT2D eigenvalue weighted by Gasteiger charge is -2.25. The molecule has 0 aromatic carbocycles. The van der Waals surface area contributed by atoms with Gasteiger partial charge in [0.1, 0.15) is 6.04 Å². The topological polar surface area (TPSA) is 66.6 Å². The van der Waals surface area contributed by atoms with Crippen molar-refractivity contribution in [1.82, 2.24) is 9.80 Å². The van der Waals surface area contributed by atoms with Crippen molar-refractivity contribution in [3.05, 3.63) is 24.0 Å². The zero-order valence-electron chi connectivity index (χ0n) is 9.93. The van der Waals surface area contributed by atoms with Crippen LogP contribution < -0.4 is 5.73 Å². The van der Waals surface area contributed by atoms with E-state index in [1.54, 1.807) is 11.1 Å². The zero-order valence-corrected chi connectivity index (χ0v) is 9.93. The third-order valence-corrected chi connectivity index (χ3v) is 3.15. The van der Waals surface area contributed by atoms with Gasteiger partial charge in [0.25, 0.3) is 5.91 Å². The van der Waals surface area contributed by atoms with E-state index in [0.717, 1.165) is 6.42 Å². The van der Waals surface area contributed by atoms with E-state index in [2.05, 4.69) is 0 Å². The quantitative estimate of drug-likeness (QED) is 0.743. The summed E-state index contributed by atoms with van der Waals surface area (Å²) in [6.07, 6.45) is 7.79. The number of nitrogens with two attached hydrogens (primary N) is 1. The molecule has 1 fully saturated rings. The molecule has 5 heteroatoms. The average molecular weight is 235 g/mol. The van der Waals surface area contributed by atoms with Crippen LogP contribution in [0.25, 0.3) is 0 Å². The van der Waals surface area contributed by atoms with Gasteiger partial charge < -0.3 is 15.5 Å². The standard InChI is InChI=1S/C12H17N3O2/c1-14-6-2-4-9(8-14)12(17)15-7-3-5-10(15)11(13)16/h2,6,8,10H,3-5,7H2,1H3,(H2,13,16). The van der Waals surface area contributed by atoms with E-state index in [9.17, 15) is 9.59 Å². The Morgan fingerprint density at radius 1 is 1.47 bits per heavy atom. The maximum absolute atomic E-state index is 12.3. The fourth-order valence-corrected chi connectivity index (χ4v) is 2.32. The third kappa shape index (κ3) is 2.33. The SMILES string of the molecule is CN1C=CCC(C(=O)N2CCCC2C(N)=O)=C1. The monoisotopic (exact) mass is 235 g/mol. The molecule has 1 atom stereocenters. The van der Waals surface area contributed by atoms with Gasteiger partial charge in [-0.2, -0.15) is 0 Å². The van der Waals surface area contributed by atoms with Crippen molar-refractivity contribution in [3.8, 4) is 0 Å². The van der Waals surface area contributed by atoms with Crippen LogP contribution in [-0.4, -0.2) is 41.2 Å². The molecule has 0 saturated carbocycles. The van der Waals surface area contributed by atoms with Crippen LogP contribution in [0.1, 0.15) is 19.3 Å². The molecule has 92 valence electrons. The summed E-state index contributed by atoms with van der Waals surface area (Å²) in [5.41, 5.74) is 6.02. The van der Waals surface area contributed by atoms with Gasteiger partial charge in [-0.25, -0.2) is 0 Å². The molecule has 2 N–H and O–H groups in total. The van der Waals surface area contributed by atoms with E-state index < -0.39 is 11.9 Å². The Labute approximate surface area is 101 Å². The smallest absolute Gasteiger partial charge is 0.252 e. The molecule has 0 aliphatic carbocycles. The Morgan fingerprint density at radius 3 is 2.88 bits per heavy atom. The Kier molecular flexibility index (Phi) is 3.17. The number of nitrogens with zero attached hydrogens (tertiary/aromatic N) is 2. The second kappa shape index (κ2) is 4.61. The average Bonchev–Trinajstić information content (AvgIpc) is 2.77. The van der Waals surface area contributed by atoms with Crippen molar-refractivity contribution in [2.45, 2.75) is 25.3 Å². The molecule has 17 heavy (non-hydrogen) atoms. The molecule has 0 radical (unpaired) electrons. The largest absolute Gasteiger partial charge is 0.368 e. The van der Waals surface area contributed by atoms with Crippen LogP contribution in [0.3, 0.4) is 0 Å². The number of primary amides is 1. The van der Waals surface area contributed by atoms with Gasteiger partial charge in [-0.1, -0.05) is 6.08 Å². The first kappa shape index (κ1) is 11.7.